The highest BCUT2D eigenvalue weighted by Gasteiger charge is 2.29. The summed E-state index contributed by atoms with van der Waals surface area (Å²) in [5.74, 6) is 1.67. The van der Waals surface area contributed by atoms with Crippen LogP contribution in [0.4, 0.5) is 0 Å². The fourth-order valence-electron chi connectivity index (χ4n) is 3.14. The standard InChI is InChI=1S/C18H29NO3/c1-4-12-22-18-14(8-6-11-17(18)21-5-2)13-19(3)15-9-7-10-16(15)20/h6,8,11,15-16,20H,4-5,7,9-10,12-13H2,1-3H3/t15-,16-/m1/s1. The van der Waals surface area contributed by atoms with Gasteiger partial charge in [0.1, 0.15) is 0 Å². The summed E-state index contributed by atoms with van der Waals surface area (Å²) in [6, 6.07) is 6.31. The van der Waals surface area contributed by atoms with Crippen LogP contribution in [0.15, 0.2) is 18.2 Å². The van der Waals surface area contributed by atoms with Crippen molar-refractivity contribution in [3.63, 3.8) is 0 Å². The van der Waals surface area contributed by atoms with E-state index in [1.165, 1.54) is 0 Å². The molecule has 0 radical (unpaired) electrons. The number of para-hydroxylation sites is 1. The number of aliphatic hydroxyl groups excluding tert-OH is 1. The monoisotopic (exact) mass is 307 g/mol. The smallest absolute Gasteiger partial charge is 0.165 e. The van der Waals surface area contributed by atoms with Gasteiger partial charge < -0.3 is 14.6 Å². The molecule has 1 fully saturated rings. The second kappa shape index (κ2) is 8.39. The van der Waals surface area contributed by atoms with Gasteiger partial charge in [-0.3, -0.25) is 4.90 Å². The number of aliphatic hydroxyl groups is 1. The second-order valence-corrected chi connectivity index (χ2v) is 6.01. The topological polar surface area (TPSA) is 41.9 Å². The Bertz CT molecular complexity index is 464. The molecule has 1 N–H and O–H groups in total. The number of benzene rings is 1. The summed E-state index contributed by atoms with van der Waals surface area (Å²) < 4.78 is 11.7. The summed E-state index contributed by atoms with van der Waals surface area (Å²) in [5, 5.41) is 10.1. The van der Waals surface area contributed by atoms with E-state index in [9.17, 15) is 5.11 Å². The Morgan fingerprint density at radius 2 is 2.05 bits per heavy atom. The van der Waals surface area contributed by atoms with Crippen LogP contribution in [0.3, 0.4) is 0 Å². The Hall–Kier alpha value is -1.26. The van der Waals surface area contributed by atoms with Crippen molar-refractivity contribution in [2.24, 2.45) is 0 Å². The van der Waals surface area contributed by atoms with Gasteiger partial charge in [0.15, 0.2) is 11.5 Å². The Labute approximate surface area is 134 Å². The molecule has 1 aliphatic rings. The third kappa shape index (κ3) is 4.14. The molecule has 0 heterocycles. The van der Waals surface area contributed by atoms with Crippen molar-refractivity contribution >= 4 is 0 Å². The van der Waals surface area contributed by atoms with Crippen LogP contribution in [0.25, 0.3) is 0 Å². The van der Waals surface area contributed by atoms with Crippen molar-refractivity contribution in [1.82, 2.24) is 4.90 Å². The largest absolute Gasteiger partial charge is 0.490 e. The number of hydrogen-bond donors (Lipinski definition) is 1. The first-order chi connectivity index (χ1) is 10.7. The van der Waals surface area contributed by atoms with E-state index < -0.39 is 0 Å². The van der Waals surface area contributed by atoms with Crippen LogP contribution in [0.5, 0.6) is 11.5 Å². The molecule has 0 amide bonds. The van der Waals surface area contributed by atoms with Gasteiger partial charge in [-0.2, -0.15) is 0 Å². The lowest BCUT2D eigenvalue weighted by molar-refractivity contribution is 0.0818. The molecular weight excluding hydrogens is 278 g/mol. The van der Waals surface area contributed by atoms with Crippen LogP contribution in [0.1, 0.15) is 45.1 Å². The Morgan fingerprint density at radius 1 is 1.23 bits per heavy atom. The van der Waals surface area contributed by atoms with Gasteiger partial charge in [0.2, 0.25) is 0 Å². The van der Waals surface area contributed by atoms with E-state index >= 15 is 0 Å². The first-order valence-corrected chi connectivity index (χ1v) is 8.43. The summed E-state index contributed by atoms with van der Waals surface area (Å²) in [6.45, 7) is 6.17. The fraction of sp³-hybridized carbons (Fsp3) is 0.667. The predicted octanol–water partition coefficient (Wildman–Crippen LogP) is 3.22. The SMILES string of the molecule is CCCOc1c(CN(C)[C@@H]2CCC[C@H]2O)cccc1OCC. The van der Waals surface area contributed by atoms with Crippen molar-refractivity contribution < 1.29 is 14.6 Å². The number of nitrogens with zero attached hydrogens (tertiary/aromatic N) is 1. The lowest BCUT2D eigenvalue weighted by Gasteiger charge is -2.28. The number of likely N-dealkylation sites (N-methyl/N-ethyl adjacent to an activating group) is 1. The lowest BCUT2D eigenvalue weighted by atomic mass is 10.1. The molecule has 4 heteroatoms. The quantitative estimate of drug-likeness (QED) is 0.801. The van der Waals surface area contributed by atoms with E-state index in [1.807, 2.05) is 19.1 Å². The van der Waals surface area contributed by atoms with E-state index in [-0.39, 0.29) is 12.1 Å². The van der Waals surface area contributed by atoms with Gasteiger partial charge in [0, 0.05) is 18.2 Å². The Morgan fingerprint density at radius 3 is 2.68 bits per heavy atom. The molecule has 22 heavy (non-hydrogen) atoms. The Kier molecular flexibility index (Phi) is 6.52. The second-order valence-electron chi connectivity index (χ2n) is 6.01. The molecule has 124 valence electrons. The van der Waals surface area contributed by atoms with Crippen molar-refractivity contribution in [2.75, 3.05) is 20.3 Å². The molecule has 1 aliphatic carbocycles. The normalized spacial score (nSPS) is 21.3. The van der Waals surface area contributed by atoms with Crippen LogP contribution < -0.4 is 9.47 Å². The molecule has 1 aromatic rings. The van der Waals surface area contributed by atoms with Crippen molar-refractivity contribution in [1.29, 1.82) is 0 Å². The number of ether oxygens (including phenoxy) is 2. The molecule has 2 rings (SSSR count). The zero-order valence-corrected chi connectivity index (χ0v) is 14.0. The average molecular weight is 307 g/mol. The number of rotatable bonds is 8. The van der Waals surface area contributed by atoms with Crippen LogP contribution in [-0.2, 0) is 6.54 Å². The molecule has 1 saturated carbocycles. The molecule has 0 unspecified atom stereocenters. The lowest BCUT2D eigenvalue weighted by Crippen LogP contribution is -2.37. The minimum absolute atomic E-state index is 0.208. The molecule has 1 aromatic carbocycles. The van der Waals surface area contributed by atoms with Crippen LogP contribution in [-0.4, -0.2) is 42.4 Å². The summed E-state index contributed by atoms with van der Waals surface area (Å²) in [7, 11) is 2.08. The zero-order valence-electron chi connectivity index (χ0n) is 14.0. The van der Waals surface area contributed by atoms with Gasteiger partial charge in [-0.1, -0.05) is 19.1 Å². The predicted molar refractivity (Wildman–Crippen MR) is 88.5 cm³/mol. The third-order valence-corrected chi connectivity index (χ3v) is 4.24. The molecule has 0 bridgehead atoms. The van der Waals surface area contributed by atoms with Crippen molar-refractivity contribution in [2.45, 2.75) is 58.2 Å². The highest BCUT2D eigenvalue weighted by molar-refractivity contribution is 5.46. The minimum atomic E-state index is -0.208. The fourth-order valence-corrected chi connectivity index (χ4v) is 3.14. The van der Waals surface area contributed by atoms with Gasteiger partial charge in [-0.15, -0.1) is 0 Å². The highest BCUT2D eigenvalue weighted by Crippen LogP contribution is 2.33. The number of hydrogen-bond acceptors (Lipinski definition) is 4. The summed E-state index contributed by atoms with van der Waals surface area (Å²) in [5.41, 5.74) is 1.13. The van der Waals surface area contributed by atoms with Crippen LogP contribution in [0.2, 0.25) is 0 Å². The summed E-state index contributed by atoms with van der Waals surface area (Å²) in [6.07, 6.45) is 3.84. The first kappa shape index (κ1) is 17.1. The van der Waals surface area contributed by atoms with Gasteiger partial charge in [-0.05, 0) is 45.7 Å². The molecule has 0 aliphatic heterocycles. The molecule has 4 nitrogen and oxygen atoms in total. The van der Waals surface area contributed by atoms with Crippen molar-refractivity contribution in [3.05, 3.63) is 23.8 Å². The van der Waals surface area contributed by atoms with Crippen molar-refractivity contribution in [3.8, 4) is 11.5 Å². The average Bonchev–Trinajstić information content (AvgIpc) is 2.93. The molecular formula is C18H29NO3. The van der Waals surface area contributed by atoms with Gasteiger partial charge >= 0.3 is 0 Å². The van der Waals surface area contributed by atoms with E-state index in [2.05, 4.69) is 24.9 Å². The van der Waals surface area contributed by atoms with E-state index in [1.54, 1.807) is 0 Å². The van der Waals surface area contributed by atoms with E-state index in [0.29, 0.717) is 13.2 Å². The van der Waals surface area contributed by atoms with E-state index in [0.717, 1.165) is 49.3 Å². The maximum absolute atomic E-state index is 10.1. The van der Waals surface area contributed by atoms with Gasteiger partial charge in [-0.25, -0.2) is 0 Å². The third-order valence-electron chi connectivity index (χ3n) is 4.24. The summed E-state index contributed by atoms with van der Waals surface area (Å²) >= 11 is 0. The van der Waals surface area contributed by atoms with Gasteiger partial charge in [0.25, 0.3) is 0 Å². The molecule has 2 atom stereocenters. The van der Waals surface area contributed by atoms with E-state index in [4.69, 9.17) is 9.47 Å². The Balaban J connectivity index is 2.15. The molecule has 0 saturated heterocycles. The maximum atomic E-state index is 10.1. The maximum Gasteiger partial charge on any atom is 0.165 e. The molecule has 0 aromatic heterocycles. The summed E-state index contributed by atoms with van der Waals surface area (Å²) in [4.78, 5) is 2.24. The highest BCUT2D eigenvalue weighted by atomic mass is 16.5. The zero-order chi connectivity index (χ0) is 15.9. The minimum Gasteiger partial charge on any atom is -0.490 e. The van der Waals surface area contributed by atoms with Crippen LogP contribution in [0, 0.1) is 0 Å². The first-order valence-electron chi connectivity index (χ1n) is 8.43. The van der Waals surface area contributed by atoms with Gasteiger partial charge in [0.05, 0.1) is 19.3 Å². The molecule has 0 spiro atoms. The van der Waals surface area contributed by atoms with Crippen LogP contribution >= 0.6 is 0 Å².